The van der Waals surface area contributed by atoms with Gasteiger partial charge in [0.1, 0.15) is 5.75 Å². The van der Waals surface area contributed by atoms with E-state index in [0.717, 1.165) is 13.0 Å². The van der Waals surface area contributed by atoms with Crippen molar-refractivity contribution in [3.05, 3.63) is 106 Å². The van der Waals surface area contributed by atoms with Crippen molar-refractivity contribution in [3.8, 4) is 5.75 Å². The molecule has 0 aliphatic heterocycles. The molecule has 0 aliphatic rings. The van der Waals surface area contributed by atoms with Crippen LogP contribution in [-0.2, 0) is 16.6 Å². The first kappa shape index (κ1) is 29.1. The van der Waals surface area contributed by atoms with Gasteiger partial charge in [0.15, 0.2) is 0 Å². The topological polar surface area (TPSA) is 64.4 Å². The minimum absolute atomic E-state index is 0. The summed E-state index contributed by atoms with van der Waals surface area (Å²) in [5.74, 6) is 0.588. The standard InChI is InChI=1S/C26H24Cl3N3O3S.ClH/c1-19(23-5-2-3-6-26(23)35-16-4-14-31-15-13-30-18-31)32(25-17-21(28)9-12-24(25)29)36(33,34)22-10-7-20(27)8-11-22;/h2-3,5-13,15,17-19H,4,14,16H2,1H3;1H/t19-;/m1./s1. The van der Waals surface area contributed by atoms with Crippen LogP contribution in [0.5, 0.6) is 5.75 Å². The van der Waals surface area contributed by atoms with Crippen molar-refractivity contribution in [2.75, 3.05) is 10.9 Å². The molecule has 4 aromatic rings. The van der Waals surface area contributed by atoms with Crippen molar-refractivity contribution in [2.24, 2.45) is 0 Å². The number of benzene rings is 3. The second-order valence-electron chi connectivity index (χ2n) is 8.07. The van der Waals surface area contributed by atoms with Gasteiger partial charge in [0.25, 0.3) is 10.0 Å². The van der Waals surface area contributed by atoms with Gasteiger partial charge in [-0.3, -0.25) is 4.31 Å². The summed E-state index contributed by atoms with van der Waals surface area (Å²) in [6, 6.07) is 17.4. The lowest BCUT2D eigenvalue weighted by atomic mass is 10.1. The Bertz CT molecular complexity index is 1420. The third-order valence-corrected chi connectivity index (χ3v) is 8.32. The van der Waals surface area contributed by atoms with Crippen LogP contribution in [0.4, 0.5) is 5.69 Å². The molecule has 0 radical (unpaired) electrons. The van der Waals surface area contributed by atoms with E-state index in [1.54, 1.807) is 37.6 Å². The number of hydrogen-bond donors (Lipinski definition) is 0. The Labute approximate surface area is 238 Å². The number of aromatic nitrogens is 2. The highest BCUT2D eigenvalue weighted by Gasteiger charge is 2.33. The summed E-state index contributed by atoms with van der Waals surface area (Å²) in [7, 11) is -4.06. The number of rotatable bonds is 10. The number of imidazole rings is 1. The van der Waals surface area contributed by atoms with E-state index in [9.17, 15) is 8.42 Å². The Morgan fingerprint density at radius 2 is 1.70 bits per heavy atom. The van der Waals surface area contributed by atoms with Crippen molar-refractivity contribution >= 4 is 62.9 Å². The molecule has 0 bridgehead atoms. The number of halogens is 4. The molecule has 11 heteroatoms. The Morgan fingerprint density at radius 3 is 2.41 bits per heavy atom. The van der Waals surface area contributed by atoms with Gasteiger partial charge in [-0.2, -0.15) is 0 Å². The monoisotopic (exact) mass is 599 g/mol. The first-order chi connectivity index (χ1) is 17.3. The summed E-state index contributed by atoms with van der Waals surface area (Å²) in [4.78, 5) is 4.12. The molecule has 0 fully saturated rings. The van der Waals surface area contributed by atoms with E-state index in [4.69, 9.17) is 39.5 Å². The zero-order valence-electron chi connectivity index (χ0n) is 19.8. The molecule has 0 amide bonds. The van der Waals surface area contributed by atoms with Gasteiger partial charge in [-0.25, -0.2) is 13.4 Å². The van der Waals surface area contributed by atoms with Crippen molar-refractivity contribution in [1.82, 2.24) is 9.55 Å². The van der Waals surface area contributed by atoms with Crippen LogP contribution in [-0.4, -0.2) is 24.6 Å². The maximum Gasteiger partial charge on any atom is 0.264 e. The molecule has 6 nitrogen and oxygen atoms in total. The fourth-order valence-corrected chi connectivity index (χ4v) is 6.05. The van der Waals surface area contributed by atoms with Crippen molar-refractivity contribution in [2.45, 2.75) is 30.8 Å². The molecule has 0 N–H and O–H groups in total. The summed E-state index contributed by atoms with van der Waals surface area (Å²) in [5, 5.41) is 1.05. The number of hydrogen-bond acceptors (Lipinski definition) is 4. The van der Waals surface area contributed by atoms with Crippen molar-refractivity contribution in [3.63, 3.8) is 0 Å². The number of ether oxygens (including phenoxy) is 1. The summed E-state index contributed by atoms with van der Waals surface area (Å²) in [5.41, 5.74) is 0.954. The summed E-state index contributed by atoms with van der Waals surface area (Å²) >= 11 is 18.8. The third-order valence-electron chi connectivity index (χ3n) is 5.61. The quantitative estimate of drug-likeness (QED) is 0.175. The number of sulfonamides is 1. The molecule has 37 heavy (non-hydrogen) atoms. The van der Waals surface area contributed by atoms with E-state index >= 15 is 0 Å². The molecule has 196 valence electrons. The Balaban J connectivity index is 0.00000380. The molecule has 1 atom stereocenters. The highest BCUT2D eigenvalue weighted by molar-refractivity contribution is 7.92. The van der Waals surface area contributed by atoms with Crippen LogP contribution in [0.2, 0.25) is 15.1 Å². The first-order valence-electron chi connectivity index (χ1n) is 11.2. The van der Waals surface area contributed by atoms with E-state index in [-0.39, 0.29) is 28.0 Å². The maximum absolute atomic E-state index is 14.0. The van der Waals surface area contributed by atoms with Crippen molar-refractivity contribution in [1.29, 1.82) is 0 Å². The van der Waals surface area contributed by atoms with Gasteiger partial charge in [-0.1, -0.05) is 53.0 Å². The van der Waals surface area contributed by atoms with Crippen LogP contribution >= 0.6 is 47.2 Å². The van der Waals surface area contributed by atoms with Crippen LogP contribution in [0.1, 0.15) is 24.9 Å². The molecule has 0 aliphatic carbocycles. The second kappa shape index (κ2) is 12.9. The maximum atomic E-state index is 14.0. The lowest BCUT2D eigenvalue weighted by molar-refractivity contribution is 0.297. The van der Waals surface area contributed by atoms with Crippen LogP contribution in [0.15, 0.2) is 90.3 Å². The van der Waals surface area contributed by atoms with E-state index in [1.165, 1.54) is 28.6 Å². The van der Waals surface area contributed by atoms with Crippen LogP contribution in [0.3, 0.4) is 0 Å². The molecule has 0 saturated carbocycles. The molecule has 3 aromatic carbocycles. The number of para-hydroxylation sites is 1. The molecule has 1 heterocycles. The van der Waals surface area contributed by atoms with Crippen LogP contribution in [0, 0.1) is 0 Å². The lowest BCUT2D eigenvalue weighted by Gasteiger charge is -2.32. The van der Waals surface area contributed by atoms with Gasteiger partial charge < -0.3 is 9.30 Å². The molecular weight excluding hydrogens is 576 g/mol. The van der Waals surface area contributed by atoms with Gasteiger partial charge in [-0.15, -0.1) is 12.4 Å². The van der Waals surface area contributed by atoms with Gasteiger partial charge in [0.05, 0.1) is 34.6 Å². The predicted octanol–water partition coefficient (Wildman–Crippen LogP) is 7.69. The predicted molar refractivity (Wildman–Crippen MR) is 152 cm³/mol. The average Bonchev–Trinajstić information content (AvgIpc) is 3.38. The fourth-order valence-electron chi connectivity index (χ4n) is 3.85. The zero-order valence-corrected chi connectivity index (χ0v) is 23.7. The largest absolute Gasteiger partial charge is 0.493 e. The molecule has 0 saturated heterocycles. The SMILES string of the molecule is C[C@H](c1ccccc1OCCCn1ccnc1)N(c1cc(Cl)ccc1Cl)S(=O)(=O)c1ccc(Cl)cc1.Cl. The smallest absolute Gasteiger partial charge is 0.264 e. The third kappa shape index (κ3) is 6.92. The fraction of sp³-hybridized carbons (Fsp3) is 0.192. The average molecular weight is 601 g/mol. The van der Waals surface area contributed by atoms with Gasteiger partial charge in [0, 0.05) is 34.5 Å². The normalized spacial score (nSPS) is 12.0. The molecular formula is C26H25Cl4N3O3S. The summed E-state index contributed by atoms with van der Waals surface area (Å²) in [6.45, 7) is 3.00. The minimum atomic E-state index is -4.06. The summed E-state index contributed by atoms with van der Waals surface area (Å²) in [6.07, 6.45) is 6.13. The van der Waals surface area contributed by atoms with E-state index in [2.05, 4.69) is 4.98 Å². The highest BCUT2D eigenvalue weighted by Crippen LogP contribution is 2.41. The van der Waals surface area contributed by atoms with Crippen LogP contribution < -0.4 is 9.04 Å². The first-order valence-corrected chi connectivity index (χ1v) is 13.8. The van der Waals surface area contributed by atoms with E-state index in [0.29, 0.717) is 28.0 Å². The Morgan fingerprint density at radius 1 is 1.00 bits per heavy atom. The van der Waals surface area contributed by atoms with Gasteiger partial charge in [-0.05, 0) is 61.9 Å². The second-order valence-corrected chi connectivity index (χ2v) is 11.2. The van der Waals surface area contributed by atoms with Gasteiger partial charge >= 0.3 is 0 Å². The number of nitrogens with zero attached hydrogens (tertiary/aromatic N) is 3. The van der Waals surface area contributed by atoms with E-state index in [1.807, 2.05) is 35.0 Å². The zero-order chi connectivity index (χ0) is 25.7. The number of anilines is 1. The molecule has 0 unspecified atom stereocenters. The molecule has 1 aromatic heterocycles. The van der Waals surface area contributed by atoms with E-state index < -0.39 is 16.1 Å². The molecule has 4 rings (SSSR count). The van der Waals surface area contributed by atoms with Crippen LogP contribution in [0.25, 0.3) is 0 Å². The van der Waals surface area contributed by atoms with Gasteiger partial charge in [0.2, 0.25) is 0 Å². The highest BCUT2D eigenvalue weighted by atomic mass is 35.5. The molecule has 0 spiro atoms. The Kier molecular flexibility index (Phi) is 10.2. The van der Waals surface area contributed by atoms with Crippen molar-refractivity contribution < 1.29 is 13.2 Å². The lowest BCUT2D eigenvalue weighted by Crippen LogP contribution is -2.34. The Hall–Kier alpha value is -2.42. The number of aryl methyl sites for hydroxylation is 1. The minimum Gasteiger partial charge on any atom is -0.493 e. The summed E-state index contributed by atoms with van der Waals surface area (Å²) < 4.78 is 37.3.